The molecule has 3 fully saturated rings. The van der Waals surface area contributed by atoms with Crippen molar-refractivity contribution in [1.29, 1.82) is 0 Å². The fourth-order valence-electron chi connectivity index (χ4n) is 11.7. The van der Waals surface area contributed by atoms with Gasteiger partial charge in [-0.15, -0.1) is 0 Å². The van der Waals surface area contributed by atoms with Gasteiger partial charge in [0.2, 0.25) is 0 Å². The maximum absolute atomic E-state index is 6.30. The minimum atomic E-state index is -0.389. The van der Waals surface area contributed by atoms with Crippen LogP contribution in [-0.2, 0) is 52.3 Å². The van der Waals surface area contributed by atoms with Crippen molar-refractivity contribution in [2.45, 2.75) is 201 Å². The minimum Gasteiger partial charge on any atom is -0.399 e. The van der Waals surface area contributed by atoms with Crippen LogP contribution in [0.2, 0.25) is 0 Å². The molecule has 0 aromatic heterocycles. The van der Waals surface area contributed by atoms with E-state index in [2.05, 4.69) is 360 Å². The van der Waals surface area contributed by atoms with Gasteiger partial charge in [-0.25, -0.2) is 0 Å². The summed E-state index contributed by atoms with van der Waals surface area (Å²) in [6, 6.07) is 67.9. The maximum atomic E-state index is 6.30. The molecule has 16 heteroatoms. The highest BCUT2D eigenvalue weighted by molar-refractivity contribution is 9.11. The molecule has 0 spiro atoms. The Labute approximate surface area is 649 Å². The van der Waals surface area contributed by atoms with Gasteiger partial charge in [0.1, 0.15) is 0 Å². The van der Waals surface area contributed by atoms with Gasteiger partial charge in [-0.3, -0.25) is 0 Å². The van der Waals surface area contributed by atoms with Crippen molar-refractivity contribution in [3.8, 4) is 0 Å². The van der Waals surface area contributed by atoms with E-state index in [0.29, 0.717) is 12.0 Å². The van der Waals surface area contributed by atoms with Gasteiger partial charge in [-0.2, -0.15) is 0 Å². The third-order valence-electron chi connectivity index (χ3n) is 19.8. The number of nitrogens with zero attached hydrogens (tertiary/aromatic N) is 2. The number of benzene rings is 8. The van der Waals surface area contributed by atoms with E-state index < -0.39 is 0 Å². The summed E-state index contributed by atoms with van der Waals surface area (Å²) in [7, 11) is -0.779. The predicted molar refractivity (Wildman–Crippen MR) is 443 cm³/mol. The Morgan fingerprint density at radius 1 is 0.337 bits per heavy atom. The molecule has 540 valence electrons. The number of anilines is 6. The Balaban J connectivity index is 0.000000184. The van der Waals surface area contributed by atoms with E-state index in [-0.39, 0.29) is 36.6 Å². The molecule has 8 aromatic carbocycles. The van der Waals surface area contributed by atoms with Gasteiger partial charge in [0, 0.05) is 75.1 Å². The molecule has 0 radical (unpaired) electrons. The van der Waals surface area contributed by atoms with Crippen molar-refractivity contribution in [2.24, 2.45) is 5.41 Å². The lowest BCUT2D eigenvalue weighted by atomic mass is 9.79. The predicted octanol–water partition coefficient (Wildman–Crippen LogP) is 24.9. The van der Waals surface area contributed by atoms with E-state index in [9.17, 15) is 0 Å². The summed E-state index contributed by atoms with van der Waals surface area (Å²) < 4.78 is 47.5. The van der Waals surface area contributed by atoms with Crippen LogP contribution in [0.1, 0.15) is 176 Å². The molecule has 0 amide bonds. The quantitative estimate of drug-likeness (QED) is 0.0323. The van der Waals surface area contributed by atoms with E-state index in [1.54, 1.807) is 0 Å². The second kappa shape index (κ2) is 40.4. The Morgan fingerprint density at radius 3 is 0.970 bits per heavy atom. The van der Waals surface area contributed by atoms with E-state index >= 15 is 0 Å². The zero-order chi connectivity index (χ0) is 72.5. The Kier molecular flexibility index (Phi) is 32.9. The zero-order valence-electron chi connectivity index (χ0n) is 61.6. The van der Waals surface area contributed by atoms with Crippen LogP contribution < -0.4 is 20.7 Å². The number of halogens is 5. The first-order valence-electron chi connectivity index (χ1n) is 36.5. The van der Waals surface area contributed by atoms with E-state index in [4.69, 9.17) is 32.8 Å². The Bertz CT molecular complexity index is 3450. The first-order valence-corrected chi connectivity index (χ1v) is 40.5. The highest BCUT2D eigenvalue weighted by atomic mass is 79.9. The van der Waals surface area contributed by atoms with Gasteiger partial charge in [-0.1, -0.05) is 212 Å². The fourth-order valence-corrected chi connectivity index (χ4v) is 13.1. The van der Waals surface area contributed by atoms with Crippen molar-refractivity contribution in [3.05, 3.63) is 233 Å². The van der Waals surface area contributed by atoms with Gasteiger partial charge in [-0.05, 0) is 261 Å². The molecule has 11 rings (SSSR count). The standard InChI is InChI=1S/C34H45B2NO4.C19H29BrO3.C18H12Br3N.C14H21Br/c1-10-11-12-25-13-19-28(20-14-25)37(29-21-15-26(16-22-29)35-38-31(2,3)32(4,5)39-35)30-23-17-27(18-24-30)36-40-33(6,7)34(8,9)41-36;1-2-19(15-23-16-19)14-22-12-6-4-3-5-11-21-13-17-7-9-18(20)10-8-17;19-13-1-7-16(8-2-13)22(17-9-3-14(20)4-10-17)18-11-5-15(21)6-12-18;1-2-3-4-5-6-7-8-13-9-11-14(15)12-10-13/h13-24H,10-12H2,1-9H3;7-10H,2-6,11-16H2,1H3;1-12H;9-12H,2-8H2,1H3. The van der Waals surface area contributed by atoms with Crippen LogP contribution in [-0.4, -0.2) is 69.7 Å². The van der Waals surface area contributed by atoms with Crippen LogP contribution in [0.15, 0.2) is 216 Å². The zero-order valence-corrected chi connectivity index (χ0v) is 69.6. The molecule has 0 aliphatic carbocycles. The average Bonchev–Trinajstić information content (AvgIpc) is 1.65. The lowest BCUT2D eigenvalue weighted by Gasteiger charge is -2.40. The fraction of sp³-hybridized carbons (Fsp3) is 0.435. The van der Waals surface area contributed by atoms with Crippen LogP contribution in [0.25, 0.3) is 0 Å². The summed E-state index contributed by atoms with van der Waals surface area (Å²) in [6.45, 7) is 28.4. The van der Waals surface area contributed by atoms with E-state index in [1.807, 2.05) is 0 Å². The minimum absolute atomic E-state index is 0.320. The van der Waals surface area contributed by atoms with Crippen LogP contribution in [0.5, 0.6) is 0 Å². The lowest BCUT2D eigenvalue weighted by molar-refractivity contribution is -0.150. The molecule has 0 unspecified atom stereocenters. The van der Waals surface area contributed by atoms with Gasteiger partial charge in [0.25, 0.3) is 0 Å². The summed E-state index contributed by atoms with van der Waals surface area (Å²) >= 11 is 17.4. The molecule has 3 aliphatic heterocycles. The van der Waals surface area contributed by atoms with Crippen molar-refractivity contribution < 1.29 is 32.8 Å². The van der Waals surface area contributed by atoms with Crippen LogP contribution in [0.3, 0.4) is 0 Å². The van der Waals surface area contributed by atoms with Gasteiger partial charge < -0.3 is 42.6 Å². The van der Waals surface area contributed by atoms with Crippen LogP contribution >= 0.6 is 79.6 Å². The normalized spacial score (nSPS) is 15.8. The Hall–Kier alpha value is -4.39. The largest absolute Gasteiger partial charge is 0.494 e. The Morgan fingerprint density at radius 2 is 0.624 bits per heavy atom. The summed E-state index contributed by atoms with van der Waals surface area (Å²) in [5, 5.41) is 0. The lowest BCUT2D eigenvalue weighted by Crippen LogP contribution is -2.45. The highest BCUT2D eigenvalue weighted by Crippen LogP contribution is 2.41. The molecule has 0 saturated carbocycles. The smallest absolute Gasteiger partial charge is 0.399 e. The monoisotopic (exact) mass is 1680 g/mol. The maximum Gasteiger partial charge on any atom is 0.494 e. The second-order valence-corrected chi connectivity index (χ2v) is 33.4. The number of hydrogen-bond acceptors (Lipinski definition) is 9. The molecule has 3 saturated heterocycles. The van der Waals surface area contributed by atoms with Crippen molar-refractivity contribution in [2.75, 3.05) is 42.8 Å². The molecule has 101 heavy (non-hydrogen) atoms. The molecule has 0 atom stereocenters. The summed E-state index contributed by atoms with van der Waals surface area (Å²) in [4.78, 5) is 4.51. The molecule has 3 heterocycles. The number of hydrogen-bond donors (Lipinski definition) is 0. The first kappa shape index (κ1) is 82.3. The van der Waals surface area contributed by atoms with E-state index in [0.717, 1.165) is 122 Å². The summed E-state index contributed by atoms with van der Waals surface area (Å²) in [5.74, 6) is 0. The summed E-state index contributed by atoms with van der Waals surface area (Å²) in [6.07, 6.45) is 18.9. The van der Waals surface area contributed by atoms with Crippen molar-refractivity contribution in [1.82, 2.24) is 0 Å². The number of ether oxygens (including phenoxy) is 3. The first-order chi connectivity index (χ1) is 48.4. The van der Waals surface area contributed by atoms with Gasteiger partial charge in [0.05, 0.1) is 48.8 Å². The average molecular weight is 1690 g/mol. The number of unbranched alkanes of at least 4 members (excludes halogenated alkanes) is 9. The van der Waals surface area contributed by atoms with E-state index in [1.165, 1.54) is 91.8 Å². The molecule has 3 aliphatic rings. The topological polar surface area (TPSA) is 71.1 Å². The highest BCUT2D eigenvalue weighted by Gasteiger charge is 2.53. The molecule has 9 nitrogen and oxygen atoms in total. The molecular weight excluding hydrogens is 1580 g/mol. The van der Waals surface area contributed by atoms with Crippen molar-refractivity contribution in [3.63, 3.8) is 0 Å². The third-order valence-corrected chi connectivity index (χ3v) is 22.5. The molecule has 0 N–H and O–H groups in total. The summed E-state index contributed by atoms with van der Waals surface area (Å²) in [5.41, 5.74) is 11.5. The van der Waals surface area contributed by atoms with Crippen molar-refractivity contribution >= 4 is 139 Å². The SMILES string of the molecule is Brc1ccc(N(c2ccc(Br)cc2)c2ccc(Br)cc2)cc1.CCC1(COCCCCCCOCc2ccc(Br)cc2)COC1.CCCCCCCCc1ccc(Br)cc1.CCCCc1ccc(N(c2ccc(B3OC(C)(C)C(C)(C)O3)cc2)c2ccc(B3OC(C)(C)C(C)(C)O3)cc2)cc1. The van der Waals surface area contributed by atoms with Crippen LogP contribution in [0, 0.1) is 5.41 Å². The number of rotatable bonds is 30. The molecular formula is C85H107B2Br5N2O7. The molecule has 0 bridgehead atoms. The van der Waals surface area contributed by atoms with Gasteiger partial charge >= 0.3 is 14.2 Å². The van der Waals surface area contributed by atoms with Crippen LogP contribution in [0.4, 0.5) is 34.1 Å². The number of aryl methyl sites for hydroxylation is 2. The third kappa shape index (κ3) is 25.1. The van der Waals surface area contributed by atoms with Gasteiger partial charge in [0.15, 0.2) is 0 Å². The molecule has 8 aromatic rings. The second-order valence-electron chi connectivity index (χ2n) is 28.9.